The number of likely N-dealkylation sites (N-methyl/N-ethyl adjacent to an activating group) is 1. The molecule has 1 aliphatic heterocycles. The predicted molar refractivity (Wildman–Crippen MR) is 73.2 cm³/mol. The molecule has 1 saturated heterocycles. The van der Waals surface area contributed by atoms with E-state index in [0.29, 0.717) is 18.3 Å². The van der Waals surface area contributed by atoms with Crippen molar-refractivity contribution in [2.75, 3.05) is 31.6 Å². The number of nitrogens with zero attached hydrogens (tertiary/aromatic N) is 2. The highest BCUT2D eigenvalue weighted by molar-refractivity contribution is 5.50. The molecule has 1 aliphatic rings. The Kier molecular flexibility index (Phi) is 4.19. The van der Waals surface area contributed by atoms with Crippen molar-refractivity contribution in [1.82, 2.24) is 4.90 Å². The van der Waals surface area contributed by atoms with Gasteiger partial charge in [0.2, 0.25) is 0 Å². The summed E-state index contributed by atoms with van der Waals surface area (Å²) in [4.78, 5) is 4.47. The van der Waals surface area contributed by atoms with E-state index in [0.717, 1.165) is 31.6 Å². The van der Waals surface area contributed by atoms with Gasteiger partial charge in [0.05, 0.1) is 5.69 Å². The first kappa shape index (κ1) is 13.3. The van der Waals surface area contributed by atoms with Crippen LogP contribution in [0.15, 0.2) is 18.2 Å². The van der Waals surface area contributed by atoms with Crippen molar-refractivity contribution in [2.45, 2.75) is 25.9 Å². The molecule has 18 heavy (non-hydrogen) atoms. The van der Waals surface area contributed by atoms with E-state index in [1.165, 1.54) is 0 Å². The second-order valence-electron chi connectivity index (χ2n) is 5.15. The van der Waals surface area contributed by atoms with Gasteiger partial charge in [0.25, 0.3) is 0 Å². The summed E-state index contributed by atoms with van der Waals surface area (Å²) in [6, 6.07) is 5.66. The maximum atomic E-state index is 14.1. The van der Waals surface area contributed by atoms with Crippen LogP contribution in [0.5, 0.6) is 0 Å². The Morgan fingerprint density at radius 2 is 2.17 bits per heavy atom. The van der Waals surface area contributed by atoms with Gasteiger partial charge in [-0.3, -0.25) is 0 Å². The van der Waals surface area contributed by atoms with Crippen molar-refractivity contribution in [3.63, 3.8) is 0 Å². The highest BCUT2D eigenvalue weighted by atomic mass is 19.1. The van der Waals surface area contributed by atoms with Gasteiger partial charge in [-0.05, 0) is 44.6 Å². The molecule has 1 aromatic rings. The van der Waals surface area contributed by atoms with E-state index < -0.39 is 0 Å². The Balaban J connectivity index is 2.24. The lowest BCUT2D eigenvalue weighted by atomic mass is 10.1. The number of hydrogen-bond acceptors (Lipinski definition) is 3. The summed E-state index contributed by atoms with van der Waals surface area (Å²) < 4.78 is 14.1. The van der Waals surface area contributed by atoms with Gasteiger partial charge in [0.15, 0.2) is 0 Å². The zero-order valence-electron chi connectivity index (χ0n) is 11.2. The van der Waals surface area contributed by atoms with Crippen LogP contribution < -0.4 is 10.6 Å². The lowest BCUT2D eigenvalue weighted by molar-refractivity contribution is 0.337. The molecule has 1 atom stereocenters. The number of hydrogen-bond donors (Lipinski definition) is 1. The summed E-state index contributed by atoms with van der Waals surface area (Å²) in [5, 5.41) is 0. The minimum atomic E-state index is -0.158. The third kappa shape index (κ3) is 2.82. The predicted octanol–water partition coefficient (Wildman–Crippen LogP) is 1.81. The summed E-state index contributed by atoms with van der Waals surface area (Å²) in [5.74, 6) is -0.158. The molecular formula is C14H22FN3. The Hall–Kier alpha value is -1.13. The van der Waals surface area contributed by atoms with Crippen molar-refractivity contribution in [3.05, 3.63) is 29.6 Å². The number of nitrogens with two attached hydrogens (primary N) is 1. The van der Waals surface area contributed by atoms with E-state index >= 15 is 0 Å². The van der Waals surface area contributed by atoms with Crippen molar-refractivity contribution >= 4 is 5.69 Å². The van der Waals surface area contributed by atoms with Gasteiger partial charge >= 0.3 is 0 Å². The number of halogens is 1. The fraction of sp³-hybridized carbons (Fsp3) is 0.571. The lowest BCUT2D eigenvalue weighted by Gasteiger charge is -2.30. The number of rotatable bonds is 2. The van der Waals surface area contributed by atoms with Gasteiger partial charge in [-0.2, -0.15) is 0 Å². The van der Waals surface area contributed by atoms with Crippen molar-refractivity contribution in [2.24, 2.45) is 5.73 Å². The van der Waals surface area contributed by atoms with Crippen LogP contribution in [-0.2, 0) is 6.54 Å². The van der Waals surface area contributed by atoms with Gasteiger partial charge < -0.3 is 15.5 Å². The van der Waals surface area contributed by atoms with Gasteiger partial charge in [-0.15, -0.1) is 0 Å². The van der Waals surface area contributed by atoms with Crippen LogP contribution in [0.25, 0.3) is 0 Å². The first-order chi connectivity index (χ1) is 8.61. The Bertz CT molecular complexity index is 408. The summed E-state index contributed by atoms with van der Waals surface area (Å²) in [6.07, 6.45) is 1.07. The summed E-state index contributed by atoms with van der Waals surface area (Å²) in [5.41, 5.74) is 7.08. The molecule has 1 fully saturated rings. The van der Waals surface area contributed by atoms with Crippen molar-refractivity contribution in [1.29, 1.82) is 0 Å². The molecular weight excluding hydrogens is 229 g/mol. The van der Waals surface area contributed by atoms with Crippen LogP contribution in [-0.4, -0.2) is 37.6 Å². The molecule has 1 aromatic carbocycles. The SMILES string of the molecule is CC1CN(C)CCCN1c1ccc(CN)cc1F. The van der Waals surface area contributed by atoms with Crippen molar-refractivity contribution < 1.29 is 4.39 Å². The van der Waals surface area contributed by atoms with Gasteiger partial charge in [-0.1, -0.05) is 6.07 Å². The smallest absolute Gasteiger partial charge is 0.146 e. The highest BCUT2D eigenvalue weighted by Gasteiger charge is 2.22. The zero-order chi connectivity index (χ0) is 13.1. The van der Waals surface area contributed by atoms with Gasteiger partial charge in [-0.25, -0.2) is 4.39 Å². The molecule has 0 saturated carbocycles. The summed E-state index contributed by atoms with van der Waals surface area (Å²) in [6.45, 7) is 5.49. The molecule has 100 valence electrons. The second kappa shape index (κ2) is 5.67. The van der Waals surface area contributed by atoms with Crippen LogP contribution in [0.3, 0.4) is 0 Å². The average molecular weight is 251 g/mol. The molecule has 0 aliphatic carbocycles. The molecule has 0 radical (unpaired) electrons. The Morgan fingerprint density at radius 3 is 2.83 bits per heavy atom. The summed E-state index contributed by atoms with van der Waals surface area (Å²) in [7, 11) is 2.12. The monoisotopic (exact) mass is 251 g/mol. The van der Waals surface area contributed by atoms with Crippen LogP contribution >= 0.6 is 0 Å². The molecule has 0 spiro atoms. The fourth-order valence-corrected chi connectivity index (χ4v) is 2.64. The molecule has 0 bridgehead atoms. The minimum absolute atomic E-state index is 0.158. The number of benzene rings is 1. The van der Waals surface area contributed by atoms with Crippen LogP contribution in [0.1, 0.15) is 18.9 Å². The molecule has 1 unspecified atom stereocenters. The van der Waals surface area contributed by atoms with E-state index in [-0.39, 0.29) is 5.82 Å². The van der Waals surface area contributed by atoms with E-state index in [9.17, 15) is 4.39 Å². The fourth-order valence-electron chi connectivity index (χ4n) is 2.64. The Morgan fingerprint density at radius 1 is 1.39 bits per heavy atom. The first-order valence-corrected chi connectivity index (χ1v) is 6.55. The quantitative estimate of drug-likeness (QED) is 0.870. The third-order valence-corrected chi connectivity index (χ3v) is 3.60. The van der Waals surface area contributed by atoms with Crippen LogP contribution in [0.2, 0.25) is 0 Å². The van der Waals surface area contributed by atoms with Crippen LogP contribution in [0, 0.1) is 5.82 Å². The third-order valence-electron chi connectivity index (χ3n) is 3.60. The molecule has 4 heteroatoms. The molecule has 2 N–H and O–H groups in total. The van der Waals surface area contributed by atoms with Crippen LogP contribution in [0.4, 0.5) is 10.1 Å². The standard InChI is InChI=1S/C14H22FN3/c1-11-10-17(2)6-3-7-18(11)14-5-4-12(9-16)8-13(14)15/h4-5,8,11H,3,6-7,9-10,16H2,1-2H3. The highest BCUT2D eigenvalue weighted by Crippen LogP contribution is 2.24. The van der Waals surface area contributed by atoms with Gasteiger partial charge in [0, 0.05) is 25.7 Å². The second-order valence-corrected chi connectivity index (χ2v) is 5.15. The topological polar surface area (TPSA) is 32.5 Å². The Labute approximate surface area is 108 Å². The maximum Gasteiger partial charge on any atom is 0.146 e. The molecule has 2 rings (SSSR count). The molecule has 3 nitrogen and oxygen atoms in total. The summed E-state index contributed by atoms with van der Waals surface area (Å²) >= 11 is 0. The van der Waals surface area contributed by atoms with Gasteiger partial charge in [0.1, 0.15) is 5.82 Å². The maximum absolute atomic E-state index is 14.1. The largest absolute Gasteiger partial charge is 0.365 e. The zero-order valence-corrected chi connectivity index (χ0v) is 11.2. The van der Waals surface area contributed by atoms with E-state index in [2.05, 4.69) is 23.8 Å². The first-order valence-electron chi connectivity index (χ1n) is 6.55. The lowest BCUT2D eigenvalue weighted by Crippen LogP contribution is -2.38. The normalized spacial score (nSPS) is 22.0. The van der Waals surface area contributed by atoms with Crippen molar-refractivity contribution in [3.8, 4) is 0 Å². The molecule has 0 amide bonds. The van der Waals surface area contributed by atoms with E-state index in [4.69, 9.17) is 5.73 Å². The minimum Gasteiger partial charge on any atom is -0.365 e. The molecule has 0 aromatic heterocycles. The van der Waals surface area contributed by atoms with E-state index in [1.54, 1.807) is 6.07 Å². The average Bonchev–Trinajstić information content (AvgIpc) is 2.50. The van der Waals surface area contributed by atoms with E-state index in [1.807, 2.05) is 12.1 Å². The molecule has 1 heterocycles. The number of anilines is 1.